The number of aliphatic hydroxyl groups excluding tert-OH is 1. The van der Waals surface area contributed by atoms with Gasteiger partial charge in [0, 0.05) is 13.1 Å². The van der Waals surface area contributed by atoms with Gasteiger partial charge < -0.3 is 9.84 Å². The Bertz CT molecular complexity index is 501. The first-order valence-electron chi connectivity index (χ1n) is 7.25. The molecule has 2 rings (SSSR count). The summed E-state index contributed by atoms with van der Waals surface area (Å²) in [6.45, 7) is 5.48. The van der Waals surface area contributed by atoms with E-state index >= 15 is 0 Å². The Kier molecular flexibility index (Phi) is 5.46. The average molecular weight is 273 g/mol. The molecule has 1 heterocycles. The number of benzene rings is 1. The maximum absolute atomic E-state index is 8.82. The molecule has 1 fully saturated rings. The van der Waals surface area contributed by atoms with Crippen LogP contribution in [0, 0.1) is 17.8 Å². The van der Waals surface area contributed by atoms with Gasteiger partial charge in [-0.05, 0) is 36.6 Å². The molecule has 1 aromatic carbocycles. The molecule has 20 heavy (non-hydrogen) atoms. The van der Waals surface area contributed by atoms with Crippen molar-refractivity contribution < 1.29 is 9.84 Å². The van der Waals surface area contributed by atoms with E-state index in [-0.39, 0.29) is 6.61 Å². The van der Waals surface area contributed by atoms with Gasteiger partial charge in [-0.2, -0.15) is 0 Å². The highest BCUT2D eigenvalue weighted by Crippen LogP contribution is 2.23. The molecule has 0 radical (unpaired) electrons. The Labute approximate surface area is 121 Å². The SMILES string of the molecule is CCC1CCN(Cc2ccc(OC)c(C#CCO)c2)C1. The number of likely N-dealkylation sites (tertiary alicyclic amines) is 1. The molecule has 1 saturated heterocycles. The van der Waals surface area contributed by atoms with Crippen molar-refractivity contribution >= 4 is 0 Å². The second-order valence-electron chi connectivity index (χ2n) is 5.29. The second-order valence-corrected chi connectivity index (χ2v) is 5.29. The van der Waals surface area contributed by atoms with Gasteiger partial charge in [0.15, 0.2) is 0 Å². The Morgan fingerprint density at radius 3 is 2.95 bits per heavy atom. The van der Waals surface area contributed by atoms with E-state index < -0.39 is 0 Å². The summed E-state index contributed by atoms with van der Waals surface area (Å²) in [7, 11) is 1.64. The van der Waals surface area contributed by atoms with Gasteiger partial charge in [0.25, 0.3) is 0 Å². The molecule has 1 aromatic rings. The zero-order valence-electron chi connectivity index (χ0n) is 12.4. The minimum atomic E-state index is -0.127. The molecular weight excluding hydrogens is 250 g/mol. The number of nitrogens with zero attached hydrogens (tertiary/aromatic N) is 1. The van der Waals surface area contributed by atoms with Crippen molar-refractivity contribution in [2.45, 2.75) is 26.3 Å². The molecule has 0 bridgehead atoms. The Balaban J connectivity index is 2.09. The lowest BCUT2D eigenvalue weighted by molar-refractivity contribution is 0.315. The summed E-state index contributed by atoms with van der Waals surface area (Å²) in [5, 5.41) is 8.82. The molecule has 0 aromatic heterocycles. The molecule has 1 N–H and O–H groups in total. The fourth-order valence-corrected chi connectivity index (χ4v) is 2.73. The third kappa shape index (κ3) is 3.75. The lowest BCUT2D eigenvalue weighted by Crippen LogP contribution is -2.20. The maximum Gasteiger partial charge on any atom is 0.134 e. The summed E-state index contributed by atoms with van der Waals surface area (Å²) in [5.74, 6) is 7.26. The van der Waals surface area contributed by atoms with Crippen LogP contribution in [0.1, 0.15) is 30.9 Å². The Morgan fingerprint density at radius 1 is 1.45 bits per heavy atom. The zero-order valence-corrected chi connectivity index (χ0v) is 12.4. The summed E-state index contributed by atoms with van der Waals surface area (Å²) in [6, 6.07) is 6.13. The third-order valence-electron chi connectivity index (χ3n) is 3.92. The number of ether oxygens (including phenoxy) is 1. The Morgan fingerprint density at radius 2 is 2.30 bits per heavy atom. The van der Waals surface area contributed by atoms with Crippen molar-refractivity contribution in [1.29, 1.82) is 0 Å². The largest absolute Gasteiger partial charge is 0.495 e. The van der Waals surface area contributed by atoms with Crippen LogP contribution in [-0.2, 0) is 6.54 Å². The summed E-state index contributed by atoms with van der Waals surface area (Å²) in [5.41, 5.74) is 2.11. The summed E-state index contributed by atoms with van der Waals surface area (Å²) < 4.78 is 5.30. The normalized spacial score (nSPS) is 18.6. The van der Waals surface area contributed by atoms with Crippen LogP contribution in [0.2, 0.25) is 0 Å². The molecule has 108 valence electrons. The lowest BCUT2D eigenvalue weighted by Gasteiger charge is -2.16. The molecule has 3 nitrogen and oxygen atoms in total. The van der Waals surface area contributed by atoms with Gasteiger partial charge in [0.05, 0.1) is 12.7 Å². The van der Waals surface area contributed by atoms with Crippen LogP contribution >= 0.6 is 0 Å². The van der Waals surface area contributed by atoms with Crippen molar-refractivity contribution in [2.75, 3.05) is 26.8 Å². The fourth-order valence-electron chi connectivity index (χ4n) is 2.73. The molecular formula is C17H23NO2. The van der Waals surface area contributed by atoms with E-state index in [1.54, 1.807) is 7.11 Å². The first kappa shape index (κ1) is 14.9. The predicted octanol–water partition coefficient (Wildman–Crippen LogP) is 2.27. The minimum Gasteiger partial charge on any atom is -0.495 e. The lowest BCUT2D eigenvalue weighted by atomic mass is 10.1. The van der Waals surface area contributed by atoms with E-state index in [1.165, 1.54) is 31.5 Å². The summed E-state index contributed by atoms with van der Waals surface area (Å²) in [4.78, 5) is 2.50. The minimum absolute atomic E-state index is 0.127. The standard InChI is InChI=1S/C17H23NO2/c1-3-14-8-9-18(12-14)13-15-6-7-17(20-2)16(11-15)5-4-10-19/h6-7,11,14,19H,3,8-10,12-13H2,1-2H3. The monoisotopic (exact) mass is 273 g/mol. The van der Waals surface area contributed by atoms with Crippen LogP contribution in [-0.4, -0.2) is 36.8 Å². The van der Waals surface area contributed by atoms with Crippen LogP contribution in [0.3, 0.4) is 0 Å². The van der Waals surface area contributed by atoms with Gasteiger partial charge in [0.2, 0.25) is 0 Å². The predicted molar refractivity (Wildman–Crippen MR) is 80.6 cm³/mol. The summed E-state index contributed by atoms with van der Waals surface area (Å²) >= 11 is 0. The van der Waals surface area contributed by atoms with Crippen molar-refractivity contribution in [3.63, 3.8) is 0 Å². The van der Waals surface area contributed by atoms with Crippen molar-refractivity contribution in [2.24, 2.45) is 5.92 Å². The van der Waals surface area contributed by atoms with Gasteiger partial charge >= 0.3 is 0 Å². The molecule has 1 aliphatic rings. The number of hydrogen-bond donors (Lipinski definition) is 1. The quantitative estimate of drug-likeness (QED) is 0.854. The number of rotatable bonds is 4. The van der Waals surface area contributed by atoms with Crippen LogP contribution in [0.15, 0.2) is 18.2 Å². The average Bonchev–Trinajstić information content (AvgIpc) is 2.93. The first-order valence-corrected chi connectivity index (χ1v) is 7.25. The van der Waals surface area contributed by atoms with Crippen LogP contribution in [0.25, 0.3) is 0 Å². The van der Waals surface area contributed by atoms with E-state index in [4.69, 9.17) is 9.84 Å². The highest BCUT2D eigenvalue weighted by molar-refractivity contribution is 5.48. The molecule has 1 unspecified atom stereocenters. The highest BCUT2D eigenvalue weighted by Gasteiger charge is 2.20. The number of aliphatic hydroxyl groups is 1. The van der Waals surface area contributed by atoms with Gasteiger partial charge in [-0.3, -0.25) is 4.90 Å². The smallest absolute Gasteiger partial charge is 0.134 e. The number of hydrogen-bond acceptors (Lipinski definition) is 3. The summed E-state index contributed by atoms with van der Waals surface area (Å²) in [6.07, 6.45) is 2.58. The van der Waals surface area contributed by atoms with Crippen molar-refractivity contribution in [1.82, 2.24) is 4.90 Å². The van der Waals surface area contributed by atoms with Crippen molar-refractivity contribution in [3.05, 3.63) is 29.3 Å². The highest BCUT2D eigenvalue weighted by atomic mass is 16.5. The van der Waals surface area contributed by atoms with E-state index in [0.29, 0.717) is 0 Å². The van der Waals surface area contributed by atoms with Gasteiger partial charge in [-0.15, -0.1) is 0 Å². The zero-order chi connectivity index (χ0) is 14.4. The van der Waals surface area contributed by atoms with Crippen LogP contribution < -0.4 is 4.74 Å². The van der Waals surface area contributed by atoms with E-state index in [9.17, 15) is 0 Å². The van der Waals surface area contributed by atoms with E-state index in [1.807, 2.05) is 6.07 Å². The molecule has 3 heteroatoms. The van der Waals surface area contributed by atoms with Gasteiger partial charge in [-0.25, -0.2) is 0 Å². The van der Waals surface area contributed by atoms with Gasteiger partial charge in [0.1, 0.15) is 12.4 Å². The third-order valence-corrected chi connectivity index (χ3v) is 3.92. The topological polar surface area (TPSA) is 32.7 Å². The van der Waals surface area contributed by atoms with Gasteiger partial charge in [-0.1, -0.05) is 31.3 Å². The van der Waals surface area contributed by atoms with Crippen LogP contribution in [0.5, 0.6) is 5.75 Å². The van der Waals surface area contributed by atoms with Crippen LogP contribution in [0.4, 0.5) is 0 Å². The molecule has 1 atom stereocenters. The Hall–Kier alpha value is -1.50. The van der Waals surface area contributed by atoms with E-state index in [2.05, 4.69) is 35.8 Å². The van der Waals surface area contributed by atoms with E-state index in [0.717, 1.165) is 23.8 Å². The second kappa shape index (κ2) is 7.33. The maximum atomic E-state index is 8.82. The molecule has 0 saturated carbocycles. The molecule has 0 amide bonds. The molecule has 1 aliphatic heterocycles. The fraction of sp³-hybridized carbons (Fsp3) is 0.529. The molecule has 0 aliphatic carbocycles. The molecule has 0 spiro atoms. The first-order chi connectivity index (χ1) is 9.76. The number of methoxy groups -OCH3 is 1. The van der Waals surface area contributed by atoms with Crippen molar-refractivity contribution in [3.8, 4) is 17.6 Å².